The van der Waals surface area contributed by atoms with Crippen molar-refractivity contribution in [2.45, 2.75) is 112 Å². The monoisotopic (exact) mass is 788 g/mol. The fraction of sp³-hybridized carbons (Fsp3) is 0.571. The summed E-state index contributed by atoms with van der Waals surface area (Å²) in [4.78, 5) is 101. The molecule has 0 spiro atoms. The maximum Gasteiger partial charge on any atom is 0.246 e. The molecule has 1 aromatic carbocycles. The summed E-state index contributed by atoms with van der Waals surface area (Å²) in [5.41, 5.74) is -0.741. The van der Waals surface area contributed by atoms with E-state index in [-0.39, 0.29) is 25.1 Å². The number of aromatic amines is 1. The van der Waals surface area contributed by atoms with Gasteiger partial charge in [0.25, 0.3) is 0 Å². The lowest BCUT2D eigenvalue weighted by atomic mass is 9.96. The average Bonchev–Trinajstić information content (AvgIpc) is 3.69. The topological polar surface area (TPSA) is 292 Å². The van der Waals surface area contributed by atoms with Crippen molar-refractivity contribution < 1.29 is 54.0 Å². The highest BCUT2D eigenvalue weighted by molar-refractivity contribution is 7.99. The van der Waals surface area contributed by atoms with E-state index in [2.05, 4.69) is 36.9 Å². The quantitative estimate of drug-likeness (QED) is 0.143. The number of amides is 7. The Bertz CT molecular complexity index is 1840. The Kier molecular flexibility index (Phi) is 12.8. The molecule has 11 N–H and O–H groups in total. The van der Waals surface area contributed by atoms with Crippen molar-refractivity contribution in [3.63, 3.8) is 0 Å². The molecular weight excluding hydrogens is 740 g/mol. The molecule has 0 radical (unpaired) electrons. The number of aliphatic hydroxyl groups is 4. The highest BCUT2D eigenvalue weighted by atomic mass is 32.2. The van der Waals surface area contributed by atoms with Gasteiger partial charge in [-0.25, -0.2) is 0 Å². The zero-order valence-electron chi connectivity index (χ0n) is 30.8. The Morgan fingerprint density at radius 1 is 0.855 bits per heavy atom. The number of benzene rings is 1. The van der Waals surface area contributed by atoms with Crippen molar-refractivity contribution in [1.29, 1.82) is 0 Å². The number of H-pyrrole nitrogens is 1. The molecule has 4 heterocycles. The largest absolute Gasteiger partial charge is 0.393 e. The van der Waals surface area contributed by atoms with Gasteiger partial charge >= 0.3 is 0 Å². The minimum absolute atomic E-state index is 0.170. The number of fused-ring (bicyclic) bond motifs is 5. The summed E-state index contributed by atoms with van der Waals surface area (Å²) < 4.78 is 0. The summed E-state index contributed by atoms with van der Waals surface area (Å²) in [5.74, 6) is -6.26. The van der Waals surface area contributed by atoms with E-state index < -0.39 is 114 Å². The minimum Gasteiger partial charge on any atom is -0.393 e. The van der Waals surface area contributed by atoms with Crippen molar-refractivity contribution in [2.24, 2.45) is 0 Å². The van der Waals surface area contributed by atoms with Crippen LogP contribution >= 0.6 is 11.8 Å². The van der Waals surface area contributed by atoms with Gasteiger partial charge in [-0.05, 0) is 39.3 Å². The summed E-state index contributed by atoms with van der Waals surface area (Å²) in [7, 11) is 0. The molecule has 20 heteroatoms. The molecule has 2 bridgehead atoms. The number of thioether (sulfide) groups is 1. The van der Waals surface area contributed by atoms with E-state index in [0.717, 1.165) is 16.7 Å². The average molecular weight is 789 g/mol. The molecule has 55 heavy (non-hydrogen) atoms. The molecule has 0 saturated carbocycles. The molecule has 0 aliphatic carbocycles. The molecule has 1 fully saturated rings. The Hall–Kier alpha value is -4.76. The first-order valence-corrected chi connectivity index (χ1v) is 18.9. The molecule has 3 aliphatic heterocycles. The summed E-state index contributed by atoms with van der Waals surface area (Å²) in [6.45, 7) is 4.02. The number of hydrogen-bond donors (Lipinski definition) is 11. The summed E-state index contributed by atoms with van der Waals surface area (Å²) >= 11 is 1.08. The van der Waals surface area contributed by atoms with Crippen molar-refractivity contribution in [2.75, 3.05) is 18.9 Å². The SMILES string of the molecule is C[C@@H]1NC(=O)C2C[C@@H](O)CN2C(=O)[C@H]2CSc3[nH]c4ccccc4c3C[C@H](NC1=O)C(=O)N[C@@H](CC(C)(O)CO)C(=O)N[C@H](C)C(=O)N[C@H]([C@H](C)O)C(=O)N2. The third-order valence-electron chi connectivity index (χ3n) is 9.87. The maximum atomic E-state index is 14.3. The van der Waals surface area contributed by atoms with E-state index in [1.807, 2.05) is 0 Å². The number of hydrogen-bond acceptors (Lipinski definition) is 12. The number of aromatic nitrogens is 1. The lowest BCUT2D eigenvalue weighted by molar-refractivity contribution is -0.142. The van der Waals surface area contributed by atoms with Gasteiger partial charge in [0.1, 0.15) is 42.3 Å². The molecule has 300 valence electrons. The van der Waals surface area contributed by atoms with Crippen LogP contribution < -0.4 is 31.9 Å². The van der Waals surface area contributed by atoms with Crippen molar-refractivity contribution >= 4 is 64.0 Å². The Labute approximate surface area is 320 Å². The number of aliphatic hydroxyl groups excluding tert-OH is 3. The Morgan fingerprint density at radius 3 is 2.16 bits per heavy atom. The van der Waals surface area contributed by atoms with Gasteiger partial charge in [-0.3, -0.25) is 33.6 Å². The fourth-order valence-corrected chi connectivity index (χ4v) is 7.85. The molecule has 1 aromatic heterocycles. The van der Waals surface area contributed by atoms with Crippen LogP contribution in [0.5, 0.6) is 0 Å². The molecule has 2 aromatic rings. The fourth-order valence-electron chi connectivity index (χ4n) is 6.74. The van der Waals surface area contributed by atoms with Gasteiger partial charge in [0.05, 0.1) is 29.4 Å². The lowest BCUT2D eigenvalue weighted by Crippen LogP contribution is -2.61. The molecule has 7 amide bonds. The zero-order valence-corrected chi connectivity index (χ0v) is 31.6. The van der Waals surface area contributed by atoms with Crippen LogP contribution in [0.3, 0.4) is 0 Å². The zero-order chi connectivity index (χ0) is 40.4. The van der Waals surface area contributed by atoms with Crippen LogP contribution in [0.15, 0.2) is 29.3 Å². The van der Waals surface area contributed by atoms with Crippen molar-refractivity contribution in [1.82, 2.24) is 41.8 Å². The number of nitrogens with one attached hydrogen (secondary N) is 7. The third kappa shape index (κ3) is 9.55. The number of rotatable bonds is 4. The highest BCUT2D eigenvalue weighted by Crippen LogP contribution is 2.32. The van der Waals surface area contributed by atoms with Crippen LogP contribution in [0.1, 0.15) is 46.1 Å². The number of nitrogens with zero attached hydrogens (tertiary/aromatic N) is 1. The highest BCUT2D eigenvalue weighted by Gasteiger charge is 2.44. The van der Waals surface area contributed by atoms with Crippen LogP contribution in [0, 0.1) is 0 Å². The summed E-state index contributed by atoms with van der Waals surface area (Å²) in [6.07, 6.45) is -3.53. The van der Waals surface area contributed by atoms with Crippen LogP contribution in [0.25, 0.3) is 10.9 Å². The minimum atomic E-state index is -1.90. The Morgan fingerprint density at radius 2 is 1.49 bits per heavy atom. The first-order chi connectivity index (χ1) is 25.9. The lowest BCUT2D eigenvalue weighted by Gasteiger charge is -2.31. The second kappa shape index (κ2) is 16.9. The van der Waals surface area contributed by atoms with Crippen LogP contribution in [-0.4, -0.2) is 151 Å². The van der Waals surface area contributed by atoms with Crippen molar-refractivity contribution in [3.8, 4) is 0 Å². The van der Waals surface area contributed by atoms with E-state index in [9.17, 15) is 54.0 Å². The first kappa shape index (κ1) is 41.4. The van der Waals surface area contributed by atoms with Gasteiger partial charge in [-0.15, -0.1) is 11.8 Å². The number of para-hydroxylation sites is 1. The van der Waals surface area contributed by atoms with Crippen LogP contribution in [0.4, 0.5) is 0 Å². The standard InChI is InChI=1S/C35H48N8O11S/c1-15-27(47)38-22-10-20-19-7-5-6-8-21(19)41-33(20)55-13-24(34(53)43-12-18(46)9-25(43)31(51)37-15)40-32(52)26(17(3)45)42-28(48)16(2)36-30(50)23(39-29(22)49)11-35(4,54)14-44/h5-8,15-18,22-26,41,44-46,54H,9-14H2,1-4H3,(H,36,50)(H,37,51)(H,38,47)(H,39,49)(H,40,52)(H,42,48)/t15-,16+,17-,18+,22-,23-,24+,25?,26+,35?/m0/s1. The van der Waals surface area contributed by atoms with Gasteiger partial charge in [0, 0.05) is 42.5 Å². The maximum absolute atomic E-state index is 14.3. The van der Waals surface area contributed by atoms with Crippen LogP contribution in [-0.2, 0) is 40.0 Å². The van der Waals surface area contributed by atoms with Gasteiger partial charge in [0.2, 0.25) is 41.4 Å². The molecule has 3 aliphatic rings. The van der Waals surface area contributed by atoms with Crippen LogP contribution in [0.2, 0.25) is 0 Å². The van der Waals surface area contributed by atoms with Gasteiger partial charge < -0.3 is 62.2 Å². The van der Waals surface area contributed by atoms with E-state index in [0.29, 0.717) is 21.5 Å². The van der Waals surface area contributed by atoms with Gasteiger partial charge in [-0.2, -0.15) is 0 Å². The molecule has 19 nitrogen and oxygen atoms in total. The molecule has 10 atom stereocenters. The van der Waals surface area contributed by atoms with E-state index >= 15 is 0 Å². The van der Waals surface area contributed by atoms with E-state index in [1.165, 1.54) is 27.7 Å². The van der Waals surface area contributed by atoms with E-state index in [4.69, 9.17) is 0 Å². The predicted molar refractivity (Wildman–Crippen MR) is 196 cm³/mol. The third-order valence-corrected chi connectivity index (χ3v) is 11.0. The second-order valence-electron chi connectivity index (χ2n) is 14.6. The molecule has 1 saturated heterocycles. The smallest absolute Gasteiger partial charge is 0.246 e. The second-order valence-corrected chi connectivity index (χ2v) is 15.6. The van der Waals surface area contributed by atoms with Gasteiger partial charge in [-0.1, -0.05) is 18.2 Å². The molecule has 5 rings (SSSR count). The molecule has 2 unspecified atom stereocenters. The summed E-state index contributed by atoms with van der Waals surface area (Å²) in [5, 5.41) is 58.1. The number of carbonyl (C=O) groups excluding carboxylic acids is 7. The van der Waals surface area contributed by atoms with Gasteiger partial charge in [0.15, 0.2) is 0 Å². The normalized spacial score (nSPS) is 30.8. The first-order valence-electron chi connectivity index (χ1n) is 17.9. The van der Waals surface area contributed by atoms with Crippen molar-refractivity contribution in [3.05, 3.63) is 29.8 Å². The van der Waals surface area contributed by atoms with E-state index in [1.54, 1.807) is 24.3 Å². The number of carbonyl (C=O) groups is 7. The summed E-state index contributed by atoms with van der Waals surface area (Å²) in [6, 6.07) is -2.86. The predicted octanol–water partition coefficient (Wildman–Crippen LogP) is -3.75. The molecular formula is C35H48N8O11S. The Balaban J connectivity index is 1.69.